The molecule has 0 radical (unpaired) electrons. The fourth-order valence-electron chi connectivity index (χ4n) is 3.32. The number of anilines is 1. The van der Waals surface area contributed by atoms with Gasteiger partial charge in [-0.05, 0) is 23.3 Å². The predicted octanol–water partition coefficient (Wildman–Crippen LogP) is 2.91. The number of rotatable bonds is 1. The highest BCUT2D eigenvalue weighted by Crippen LogP contribution is 2.37. The molecule has 2 heterocycles. The lowest BCUT2D eigenvalue weighted by Crippen LogP contribution is -2.51. The van der Waals surface area contributed by atoms with E-state index in [1.807, 2.05) is 0 Å². The summed E-state index contributed by atoms with van der Waals surface area (Å²) in [5.41, 5.74) is 3.71. The van der Waals surface area contributed by atoms with Crippen molar-refractivity contribution in [3.8, 4) is 16.9 Å². The third-order valence-corrected chi connectivity index (χ3v) is 4.44. The van der Waals surface area contributed by atoms with Gasteiger partial charge in [-0.15, -0.1) is 0 Å². The summed E-state index contributed by atoms with van der Waals surface area (Å²) in [6.07, 6.45) is 1.09. The molecule has 2 aromatic rings. The van der Waals surface area contributed by atoms with E-state index in [0.29, 0.717) is 6.04 Å². The van der Waals surface area contributed by atoms with Crippen LogP contribution in [-0.2, 0) is 0 Å². The third-order valence-electron chi connectivity index (χ3n) is 4.44. The van der Waals surface area contributed by atoms with Crippen molar-refractivity contribution in [2.24, 2.45) is 0 Å². The van der Waals surface area contributed by atoms with Crippen molar-refractivity contribution in [2.45, 2.75) is 12.5 Å². The van der Waals surface area contributed by atoms with Gasteiger partial charge in [0.1, 0.15) is 5.75 Å². The van der Waals surface area contributed by atoms with Gasteiger partial charge in [-0.1, -0.05) is 36.4 Å². The van der Waals surface area contributed by atoms with Crippen molar-refractivity contribution in [3.05, 3.63) is 48.5 Å². The van der Waals surface area contributed by atoms with Gasteiger partial charge in [0.05, 0.1) is 12.3 Å². The molecular weight excluding hydrogens is 260 g/mol. The molecule has 1 N–H and O–H groups in total. The van der Waals surface area contributed by atoms with E-state index >= 15 is 0 Å². The third kappa shape index (κ3) is 2.38. The molecule has 0 aromatic heterocycles. The lowest BCUT2D eigenvalue weighted by molar-refractivity contribution is 0.304. The maximum Gasteiger partial charge on any atom is 0.143 e. The molecule has 0 spiro atoms. The molecule has 1 fully saturated rings. The van der Waals surface area contributed by atoms with Crippen LogP contribution < -0.4 is 15.0 Å². The SMILES string of the molecule is c1ccc(-c2ccc3c(c2)OCC[C@H]2CNCCN32)cc1. The lowest BCUT2D eigenvalue weighted by Gasteiger charge is -2.36. The molecule has 2 aromatic carbocycles. The quantitative estimate of drug-likeness (QED) is 0.869. The van der Waals surface area contributed by atoms with Crippen molar-refractivity contribution < 1.29 is 4.74 Å². The summed E-state index contributed by atoms with van der Waals surface area (Å²) in [7, 11) is 0. The first-order valence-corrected chi connectivity index (χ1v) is 7.71. The number of benzene rings is 2. The van der Waals surface area contributed by atoms with Gasteiger partial charge in [0, 0.05) is 32.1 Å². The number of nitrogens with zero attached hydrogens (tertiary/aromatic N) is 1. The summed E-state index contributed by atoms with van der Waals surface area (Å²) in [5, 5.41) is 3.48. The van der Waals surface area contributed by atoms with Crippen molar-refractivity contribution in [2.75, 3.05) is 31.1 Å². The summed E-state index contributed by atoms with van der Waals surface area (Å²) in [5.74, 6) is 1.03. The molecule has 0 bridgehead atoms. The van der Waals surface area contributed by atoms with Gasteiger partial charge in [-0.3, -0.25) is 0 Å². The van der Waals surface area contributed by atoms with Crippen molar-refractivity contribution in [3.63, 3.8) is 0 Å². The highest BCUT2D eigenvalue weighted by Gasteiger charge is 2.27. The number of fused-ring (bicyclic) bond motifs is 3. The van der Waals surface area contributed by atoms with Crippen LogP contribution in [0.2, 0.25) is 0 Å². The summed E-state index contributed by atoms with van der Waals surface area (Å²) in [6.45, 7) is 3.97. The van der Waals surface area contributed by atoms with Gasteiger partial charge < -0.3 is 15.0 Å². The van der Waals surface area contributed by atoms with Crippen molar-refractivity contribution in [1.82, 2.24) is 5.32 Å². The first-order chi connectivity index (χ1) is 10.4. The first kappa shape index (κ1) is 12.7. The Morgan fingerprint density at radius 1 is 1.05 bits per heavy atom. The van der Waals surface area contributed by atoms with E-state index in [0.717, 1.165) is 38.4 Å². The maximum absolute atomic E-state index is 6.03. The first-order valence-electron chi connectivity index (χ1n) is 7.71. The molecule has 2 aliphatic rings. The lowest BCUT2D eigenvalue weighted by atomic mass is 10.0. The monoisotopic (exact) mass is 280 g/mol. The van der Waals surface area contributed by atoms with Crippen LogP contribution >= 0.6 is 0 Å². The number of nitrogens with one attached hydrogen (secondary N) is 1. The Balaban J connectivity index is 1.73. The number of hydrogen-bond acceptors (Lipinski definition) is 3. The van der Waals surface area contributed by atoms with Gasteiger partial charge in [0.2, 0.25) is 0 Å². The summed E-state index contributed by atoms with van der Waals surface area (Å²) >= 11 is 0. The molecule has 0 saturated carbocycles. The van der Waals surface area contributed by atoms with Gasteiger partial charge in [0.25, 0.3) is 0 Å². The number of piperazine rings is 1. The van der Waals surface area contributed by atoms with E-state index in [4.69, 9.17) is 4.74 Å². The maximum atomic E-state index is 6.03. The standard InChI is InChI=1S/C18H20N2O/c1-2-4-14(5-3-1)15-6-7-17-18(12-15)21-11-8-16-13-19-9-10-20(16)17/h1-7,12,16,19H,8-11,13H2/t16-/m0/s1. The fourth-order valence-corrected chi connectivity index (χ4v) is 3.32. The van der Waals surface area contributed by atoms with Crippen LogP contribution in [0, 0.1) is 0 Å². The molecule has 1 atom stereocenters. The summed E-state index contributed by atoms with van der Waals surface area (Å²) < 4.78 is 6.03. The molecule has 108 valence electrons. The van der Waals surface area contributed by atoms with E-state index in [1.54, 1.807) is 0 Å². The van der Waals surface area contributed by atoms with Crippen LogP contribution in [0.25, 0.3) is 11.1 Å². The van der Waals surface area contributed by atoms with Crippen LogP contribution in [0.4, 0.5) is 5.69 Å². The Labute approximate surface area is 125 Å². The smallest absolute Gasteiger partial charge is 0.143 e. The van der Waals surface area contributed by atoms with Gasteiger partial charge in [-0.2, -0.15) is 0 Å². The summed E-state index contributed by atoms with van der Waals surface area (Å²) in [4.78, 5) is 2.51. The van der Waals surface area contributed by atoms with E-state index in [1.165, 1.54) is 16.8 Å². The minimum absolute atomic E-state index is 0.558. The number of hydrogen-bond donors (Lipinski definition) is 1. The molecular formula is C18H20N2O. The van der Waals surface area contributed by atoms with E-state index in [2.05, 4.69) is 58.7 Å². The summed E-state index contributed by atoms with van der Waals surface area (Å²) in [6, 6.07) is 17.7. The van der Waals surface area contributed by atoms with Gasteiger partial charge >= 0.3 is 0 Å². The molecule has 1 saturated heterocycles. The largest absolute Gasteiger partial charge is 0.491 e. The molecule has 0 amide bonds. The Morgan fingerprint density at radius 3 is 2.86 bits per heavy atom. The van der Waals surface area contributed by atoms with Gasteiger partial charge in [0.15, 0.2) is 0 Å². The molecule has 2 aliphatic heterocycles. The Hall–Kier alpha value is -2.00. The Bertz CT molecular complexity index is 626. The molecule has 0 unspecified atom stereocenters. The second-order valence-corrected chi connectivity index (χ2v) is 5.74. The van der Waals surface area contributed by atoms with Crippen molar-refractivity contribution >= 4 is 5.69 Å². The predicted molar refractivity (Wildman–Crippen MR) is 86.0 cm³/mol. The zero-order valence-electron chi connectivity index (χ0n) is 12.1. The molecule has 3 heteroatoms. The number of ether oxygens (including phenoxy) is 1. The zero-order chi connectivity index (χ0) is 14.1. The average molecular weight is 280 g/mol. The highest BCUT2D eigenvalue weighted by molar-refractivity contribution is 5.72. The van der Waals surface area contributed by atoms with Gasteiger partial charge in [-0.25, -0.2) is 0 Å². The zero-order valence-corrected chi connectivity index (χ0v) is 12.1. The molecule has 3 nitrogen and oxygen atoms in total. The topological polar surface area (TPSA) is 24.5 Å². The minimum Gasteiger partial charge on any atom is -0.491 e. The van der Waals surface area contributed by atoms with E-state index < -0.39 is 0 Å². The Morgan fingerprint density at radius 2 is 1.95 bits per heavy atom. The van der Waals surface area contributed by atoms with E-state index in [9.17, 15) is 0 Å². The second kappa shape index (κ2) is 5.41. The Kier molecular flexibility index (Phi) is 3.28. The molecule has 21 heavy (non-hydrogen) atoms. The van der Waals surface area contributed by atoms with Crippen LogP contribution in [0.5, 0.6) is 5.75 Å². The van der Waals surface area contributed by atoms with Crippen molar-refractivity contribution in [1.29, 1.82) is 0 Å². The minimum atomic E-state index is 0.558. The highest BCUT2D eigenvalue weighted by atomic mass is 16.5. The van der Waals surface area contributed by atoms with Crippen LogP contribution in [0.3, 0.4) is 0 Å². The van der Waals surface area contributed by atoms with Crippen LogP contribution in [0.15, 0.2) is 48.5 Å². The van der Waals surface area contributed by atoms with E-state index in [-0.39, 0.29) is 0 Å². The molecule has 4 rings (SSSR count). The van der Waals surface area contributed by atoms with Crippen LogP contribution in [0.1, 0.15) is 6.42 Å². The van der Waals surface area contributed by atoms with Crippen LogP contribution in [-0.4, -0.2) is 32.3 Å². The molecule has 0 aliphatic carbocycles. The average Bonchev–Trinajstić information content (AvgIpc) is 2.74. The second-order valence-electron chi connectivity index (χ2n) is 5.74. The fraction of sp³-hybridized carbons (Fsp3) is 0.333. The normalized spacial score (nSPS) is 21.0.